The van der Waals surface area contributed by atoms with E-state index in [1.54, 1.807) is 43.7 Å². The van der Waals surface area contributed by atoms with Gasteiger partial charge in [0.05, 0.1) is 16.3 Å². The number of sulfone groups is 1. The van der Waals surface area contributed by atoms with Crippen LogP contribution in [0.2, 0.25) is 5.02 Å². The number of amides is 1. The predicted molar refractivity (Wildman–Crippen MR) is 87.9 cm³/mol. The number of carbonyl (C=O) groups is 1. The molecule has 0 saturated heterocycles. The molecular formula is C14H18ClN3O3S. The number of imidazole rings is 1. The molecule has 0 bridgehead atoms. The van der Waals surface area contributed by atoms with Crippen LogP contribution in [0.25, 0.3) is 11.0 Å². The van der Waals surface area contributed by atoms with Crippen LogP contribution in [-0.2, 0) is 21.7 Å². The number of carbonyl (C=O) groups excluding carboxylic acids is 1. The van der Waals surface area contributed by atoms with Gasteiger partial charge in [-0.1, -0.05) is 11.6 Å². The van der Waals surface area contributed by atoms with Gasteiger partial charge >= 0.3 is 0 Å². The molecule has 1 aromatic carbocycles. The van der Waals surface area contributed by atoms with Gasteiger partial charge in [-0.15, -0.1) is 0 Å². The topological polar surface area (TPSA) is 81.1 Å². The summed E-state index contributed by atoms with van der Waals surface area (Å²) in [5.74, 6) is -0.314. The van der Waals surface area contributed by atoms with Crippen molar-refractivity contribution in [2.45, 2.75) is 31.3 Å². The molecule has 1 amide bonds. The summed E-state index contributed by atoms with van der Waals surface area (Å²) in [7, 11) is -1.78. The van der Waals surface area contributed by atoms with E-state index < -0.39 is 26.2 Å². The number of fused-ring (bicyclic) bond motifs is 1. The predicted octanol–water partition coefficient (Wildman–Crippen LogP) is 2.38. The lowest BCUT2D eigenvalue weighted by Crippen LogP contribution is -2.37. The number of rotatable bonds is 4. The third kappa shape index (κ3) is 2.96. The Morgan fingerprint density at radius 2 is 1.95 bits per heavy atom. The number of aromatic nitrogens is 2. The maximum absolute atomic E-state index is 12.2. The summed E-state index contributed by atoms with van der Waals surface area (Å²) in [4.78, 5) is 16.5. The van der Waals surface area contributed by atoms with E-state index in [2.05, 4.69) is 10.3 Å². The van der Waals surface area contributed by atoms with Crippen molar-refractivity contribution < 1.29 is 13.2 Å². The fraction of sp³-hybridized carbons (Fsp3) is 0.429. The van der Waals surface area contributed by atoms with Gasteiger partial charge in [-0.2, -0.15) is 0 Å². The summed E-state index contributed by atoms with van der Waals surface area (Å²) >= 11 is 5.92. The molecule has 0 spiro atoms. The molecule has 0 radical (unpaired) electrons. The quantitative estimate of drug-likeness (QED) is 0.924. The lowest BCUT2D eigenvalue weighted by Gasteiger charge is -2.15. The van der Waals surface area contributed by atoms with E-state index in [1.807, 2.05) is 0 Å². The van der Waals surface area contributed by atoms with Gasteiger partial charge in [0.15, 0.2) is 9.84 Å². The lowest BCUT2D eigenvalue weighted by atomic mass is 10.3. The molecule has 0 fully saturated rings. The van der Waals surface area contributed by atoms with Crippen LogP contribution in [0.1, 0.15) is 20.8 Å². The highest BCUT2D eigenvalue weighted by molar-refractivity contribution is 7.93. The Morgan fingerprint density at radius 1 is 1.32 bits per heavy atom. The van der Waals surface area contributed by atoms with E-state index in [0.717, 1.165) is 5.52 Å². The maximum Gasteiger partial charge on any atom is 0.244 e. The third-order valence-corrected chi connectivity index (χ3v) is 6.35. The zero-order valence-electron chi connectivity index (χ0n) is 12.8. The van der Waals surface area contributed by atoms with Crippen LogP contribution < -0.4 is 5.32 Å². The number of hydrogen-bond donors (Lipinski definition) is 1. The highest BCUT2D eigenvalue weighted by Crippen LogP contribution is 2.22. The van der Waals surface area contributed by atoms with E-state index in [0.29, 0.717) is 10.5 Å². The number of halogens is 1. The van der Waals surface area contributed by atoms with Gasteiger partial charge in [0, 0.05) is 12.1 Å². The van der Waals surface area contributed by atoms with Crippen molar-refractivity contribution >= 4 is 44.3 Å². The molecular weight excluding hydrogens is 326 g/mol. The van der Waals surface area contributed by atoms with E-state index >= 15 is 0 Å². The average molecular weight is 344 g/mol. The molecule has 2 rings (SSSR count). The standard InChI is InChI=1S/C14H18ClN3O3S/c1-8(2)22(20,21)9(3)13(19)17-14-16-11-7-10(15)5-6-12(11)18(14)4/h5-9H,1-4H3,(H,16,17,19)/t9-/m0/s1. The van der Waals surface area contributed by atoms with Gasteiger partial charge in [-0.25, -0.2) is 13.4 Å². The molecule has 1 N–H and O–H groups in total. The van der Waals surface area contributed by atoms with Crippen LogP contribution in [0, 0.1) is 0 Å². The zero-order valence-corrected chi connectivity index (χ0v) is 14.4. The first-order valence-corrected chi connectivity index (χ1v) is 8.79. The highest BCUT2D eigenvalue weighted by Gasteiger charge is 2.31. The van der Waals surface area contributed by atoms with Crippen LogP contribution in [0.3, 0.4) is 0 Å². The maximum atomic E-state index is 12.2. The minimum Gasteiger partial charge on any atom is -0.313 e. The summed E-state index contributed by atoms with van der Waals surface area (Å²) in [5.41, 5.74) is 1.42. The number of anilines is 1. The molecule has 0 unspecified atom stereocenters. The molecule has 0 aliphatic heterocycles. The number of nitrogens with one attached hydrogen (secondary N) is 1. The molecule has 120 valence electrons. The number of benzene rings is 1. The SMILES string of the molecule is CC(C)S(=O)(=O)[C@@H](C)C(=O)Nc1nc2cc(Cl)ccc2n1C. The van der Waals surface area contributed by atoms with Crippen molar-refractivity contribution in [2.24, 2.45) is 7.05 Å². The van der Waals surface area contributed by atoms with Crippen molar-refractivity contribution in [3.8, 4) is 0 Å². The minimum atomic E-state index is -3.52. The largest absolute Gasteiger partial charge is 0.313 e. The lowest BCUT2D eigenvalue weighted by molar-refractivity contribution is -0.115. The van der Waals surface area contributed by atoms with E-state index in [9.17, 15) is 13.2 Å². The second-order valence-electron chi connectivity index (χ2n) is 5.40. The summed E-state index contributed by atoms with van der Waals surface area (Å²) in [6.07, 6.45) is 0. The average Bonchev–Trinajstić information content (AvgIpc) is 2.73. The number of nitrogens with zero attached hydrogens (tertiary/aromatic N) is 2. The number of aryl methyl sites for hydroxylation is 1. The molecule has 6 nitrogen and oxygen atoms in total. The molecule has 1 heterocycles. The molecule has 0 aliphatic rings. The summed E-state index contributed by atoms with van der Waals surface area (Å²) in [5, 5.41) is 1.35. The van der Waals surface area contributed by atoms with Crippen molar-refractivity contribution in [1.82, 2.24) is 9.55 Å². The van der Waals surface area contributed by atoms with E-state index in [1.165, 1.54) is 6.92 Å². The second-order valence-corrected chi connectivity index (χ2v) is 8.66. The Kier molecular flexibility index (Phi) is 4.49. The molecule has 2 aromatic rings. The minimum absolute atomic E-state index is 0.285. The van der Waals surface area contributed by atoms with E-state index in [-0.39, 0.29) is 5.95 Å². The van der Waals surface area contributed by atoms with Crippen molar-refractivity contribution in [1.29, 1.82) is 0 Å². The Balaban J connectivity index is 2.31. The van der Waals surface area contributed by atoms with Gasteiger partial charge in [0.25, 0.3) is 0 Å². The molecule has 0 aliphatic carbocycles. The molecule has 1 atom stereocenters. The second kappa shape index (κ2) is 5.89. The first kappa shape index (κ1) is 16.8. The zero-order chi connectivity index (χ0) is 16.7. The summed E-state index contributed by atoms with van der Waals surface area (Å²) in [6, 6.07) is 5.19. The monoisotopic (exact) mass is 343 g/mol. The van der Waals surface area contributed by atoms with Crippen LogP contribution in [0.5, 0.6) is 0 Å². The Labute approximate surface area is 134 Å². The van der Waals surface area contributed by atoms with Crippen LogP contribution >= 0.6 is 11.6 Å². The smallest absolute Gasteiger partial charge is 0.244 e. The first-order valence-electron chi connectivity index (χ1n) is 6.80. The number of hydrogen-bond acceptors (Lipinski definition) is 4. The van der Waals surface area contributed by atoms with Gasteiger partial charge in [-0.3, -0.25) is 10.1 Å². The fourth-order valence-corrected chi connectivity index (χ4v) is 3.39. The van der Waals surface area contributed by atoms with Crippen molar-refractivity contribution in [3.05, 3.63) is 23.2 Å². The normalized spacial score (nSPS) is 13.5. The summed E-state index contributed by atoms with van der Waals surface area (Å²) < 4.78 is 25.8. The van der Waals surface area contributed by atoms with Crippen molar-refractivity contribution in [3.63, 3.8) is 0 Å². The first-order chi connectivity index (χ1) is 10.1. The van der Waals surface area contributed by atoms with Gasteiger partial charge in [0.1, 0.15) is 5.25 Å². The molecule has 22 heavy (non-hydrogen) atoms. The van der Waals surface area contributed by atoms with Gasteiger partial charge in [-0.05, 0) is 39.0 Å². The fourth-order valence-electron chi connectivity index (χ4n) is 2.05. The van der Waals surface area contributed by atoms with Crippen molar-refractivity contribution in [2.75, 3.05) is 5.32 Å². The molecule has 0 saturated carbocycles. The Hall–Kier alpha value is -1.60. The van der Waals surface area contributed by atoms with Gasteiger partial charge < -0.3 is 4.57 Å². The van der Waals surface area contributed by atoms with E-state index in [4.69, 9.17) is 11.6 Å². The van der Waals surface area contributed by atoms with Crippen LogP contribution in [0.4, 0.5) is 5.95 Å². The third-order valence-electron chi connectivity index (χ3n) is 3.60. The van der Waals surface area contributed by atoms with Crippen LogP contribution in [0.15, 0.2) is 18.2 Å². The van der Waals surface area contributed by atoms with Gasteiger partial charge in [0.2, 0.25) is 11.9 Å². The molecule has 1 aromatic heterocycles. The highest BCUT2D eigenvalue weighted by atomic mass is 35.5. The molecule has 8 heteroatoms. The Morgan fingerprint density at radius 3 is 2.55 bits per heavy atom. The van der Waals surface area contributed by atoms with Crippen LogP contribution in [-0.4, -0.2) is 34.4 Å². The Bertz CT molecular complexity index is 827. The summed E-state index contributed by atoms with van der Waals surface area (Å²) in [6.45, 7) is 4.48.